The molecular formula is C19H29FIN3O2. The highest BCUT2D eigenvalue weighted by atomic mass is 127. The number of aliphatic imine (C=N–C) groups is 1. The summed E-state index contributed by atoms with van der Waals surface area (Å²) < 4.78 is 18.1. The highest BCUT2D eigenvalue weighted by Crippen LogP contribution is 2.18. The maximum atomic E-state index is 12.9. The van der Waals surface area contributed by atoms with Crippen molar-refractivity contribution in [3.8, 4) is 0 Å². The molecular weight excluding hydrogens is 448 g/mol. The summed E-state index contributed by atoms with van der Waals surface area (Å²) in [7, 11) is 0. The Balaban J connectivity index is 0.00000338. The number of nitrogens with zero attached hydrogens (tertiary/aromatic N) is 2. The number of carbonyl (C=O) groups excluding carboxylic acids is 1. The van der Waals surface area contributed by atoms with Gasteiger partial charge in [-0.3, -0.25) is 9.79 Å². The molecule has 1 aromatic rings. The predicted molar refractivity (Wildman–Crippen MR) is 112 cm³/mol. The number of benzene rings is 1. The first-order chi connectivity index (χ1) is 12.1. The summed E-state index contributed by atoms with van der Waals surface area (Å²) in [5.41, 5.74) is 1.07. The van der Waals surface area contributed by atoms with Gasteiger partial charge in [0.2, 0.25) is 0 Å². The maximum absolute atomic E-state index is 12.9. The predicted octanol–water partition coefficient (Wildman–Crippen LogP) is 3.23. The van der Waals surface area contributed by atoms with Crippen molar-refractivity contribution >= 4 is 35.9 Å². The van der Waals surface area contributed by atoms with Gasteiger partial charge in [0.15, 0.2) is 5.96 Å². The number of halogens is 2. The Morgan fingerprint density at radius 2 is 1.92 bits per heavy atom. The number of carbonyl (C=O) groups is 1. The Kier molecular flexibility index (Phi) is 10.5. The third kappa shape index (κ3) is 7.09. The van der Waals surface area contributed by atoms with Crippen molar-refractivity contribution in [1.29, 1.82) is 0 Å². The zero-order chi connectivity index (χ0) is 18.1. The number of nitrogens with one attached hydrogen (secondary N) is 1. The summed E-state index contributed by atoms with van der Waals surface area (Å²) in [4.78, 5) is 18.7. The number of guanidine groups is 1. The van der Waals surface area contributed by atoms with Crippen LogP contribution in [0, 0.1) is 11.7 Å². The van der Waals surface area contributed by atoms with E-state index < -0.39 is 0 Å². The lowest BCUT2D eigenvalue weighted by atomic mass is 9.97. The molecule has 1 saturated heterocycles. The molecule has 1 N–H and O–H groups in total. The Labute approximate surface area is 172 Å². The maximum Gasteiger partial charge on any atom is 0.309 e. The minimum absolute atomic E-state index is 0. The highest BCUT2D eigenvalue weighted by molar-refractivity contribution is 14.0. The van der Waals surface area contributed by atoms with E-state index in [0.29, 0.717) is 13.2 Å². The average Bonchev–Trinajstić information content (AvgIpc) is 2.63. The van der Waals surface area contributed by atoms with Gasteiger partial charge in [-0.25, -0.2) is 4.39 Å². The Bertz CT molecular complexity index is 573. The van der Waals surface area contributed by atoms with Crippen molar-refractivity contribution in [2.45, 2.75) is 33.1 Å². The Morgan fingerprint density at radius 3 is 2.50 bits per heavy atom. The second-order valence-corrected chi connectivity index (χ2v) is 6.13. The van der Waals surface area contributed by atoms with Gasteiger partial charge in [-0.2, -0.15) is 0 Å². The van der Waals surface area contributed by atoms with E-state index in [1.54, 1.807) is 12.1 Å². The van der Waals surface area contributed by atoms with Crippen LogP contribution in [-0.4, -0.2) is 49.6 Å². The van der Waals surface area contributed by atoms with Gasteiger partial charge in [0, 0.05) is 26.2 Å². The zero-order valence-electron chi connectivity index (χ0n) is 15.5. The van der Waals surface area contributed by atoms with Crippen LogP contribution in [0.3, 0.4) is 0 Å². The molecule has 7 heteroatoms. The third-order valence-electron chi connectivity index (χ3n) is 4.32. The number of piperidine rings is 1. The van der Waals surface area contributed by atoms with Gasteiger partial charge >= 0.3 is 5.97 Å². The molecule has 1 heterocycles. The Morgan fingerprint density at radius 1 is 1.27 bits per heavy atom. The molecule has 2 rings (SSSR count). The van der Waals surface area contributed by atoms with Crippen molar-refractivity contribution in [3.63, 3.8) is 0 Å². The first-order valence-corrected chi connectivity index (χ1v) is 9.08. The van der Waals surface area contributed by atoms with Crippen LogP contribution in [0.4, 0.5) is 4.39 Å². The van der Waals surface area contributed by atoms with Crippen molar-refractivity contribution in [2.24, 2.45) is 10.9 Å². The van der Waals surface area contributed by atoms with E-state index in [2.05, 4.69) is 15.2 Å². The smallest absolute Gasteiger partial charge is 0.309 e. The summed E-state index contributed by atoms with van der Waals surface area (Å²) in [6.07, 6.45) is 2.36. The lowest BCUT2D eigenvalue weighted by Gasteiger charge is -2.33. The minimum atomic E-state index is -0.218. The van der Waals surface area contributed by atoms with E-state index >= 15 is 0 Å². The van der Waals surface area contributed by atoms with Crippen LogP contribution >= 0.6 is 24.0 Å². The molecule has 0 bridgehead atoms. The molecule has 0 unspecified atom stereocenters. The molecule has 1 aromatic carbocycles. The van der Waals surface area contributed by atoms with Crippen LogP contribution in [0.2, 0.25) is 0 Å². The van der Waals surface area contributed by atoms with Crippen molar-refractivity contribution in [2.75, 3.05) is 32.8 Å². The monoisotopic (exact) mass is 477 g/mol. The number of ether oxygens (including phenoxy) is 1. The molecule has 0 atom stereocenters. The molecule has 0 spiro atoms. The number of esters is 1. The first kappa shape index (κ1) is 22.7. The SMILES string of the molecule is CCNC(=NCCc1ccc(F)cc1)N1CCC(C(=O)OCC)CC1.I. The number of rotatable bonds is 6. The van der Waals surface area contributed by atoms with Gasteiger partial charge in [-0.05, 0) is 50.8 Å². The molecule has 0 saturated carbocycles. The van der Waals surface area contributed by atoms with Gasteiger partial charge < -0.3 is 15.0 Å². The van der Waals surface area contributed by atoms with Crippen LogP contribution in [0.1, 0.15) is 32.3 Å². The topological polar surface area (TPSA) is 53.9 Å². The van der Waals surface area contributed by atoms with E-state index in [4.69, 9.17) is 4.74 Å². The molecule has 146 valence electrons. The molecule has 26 heavy (non-hydrogen) atoms. The third-order valence-corrected chi connectivity index (χ3v) is 4.32. The molecule has 0 amide bonds. The fourth-order valence-electron chi connectivity index (χ4n) is 2.95. The van der Waals surface area contributed by atoms with Gasteiger partial charge in [-0.15, -0.1) is 24.0 Å². The van der Waals surface area contributed by atoms with Crippen LogP contribution < -0.4 is 5.32 Å². The highest BCUT2D eigenvalue weighted by Gasteiger charge is 2.27. The average molecular weight is 477 g/mol. The number of hydrogen-bond acceptors (Lipinski definition) is 3. The lowest BCUT2D eigenvalue weighted by molar-refractivity contribution is -0.149. The minimum Gasteiger partial charge on any atom is -0.466 e. The molecule has 1 aliphatic heterocycles. The normalized spacial score (nSPS) is 15.3. The molecule has 0 radical (unpaired) electrons. The first-order valence-electron chi connectivity index (χ1n) is 9.08. The summed E-state index contributed by atoms with van der Waals surface area (Å²) in [6.45, 7) is 7.36. The van der Waals surface area contributed by atoms with E-state index in [9.17, 15) is 9.18 Å². The summed E-state index contributed by atoms with van der Waals surface area (Å²) in [5.74, 6) is 0.579. The second-order valence-electron chi connectivity index (χ2n) is 6.13. The Hall–Kier alpha value is -1.38. The van der Waals surface area contributed by atoms with Crippen LogP contribution in [0.5, 0.6) is 0 Å². The number of likely N-dealkylation sites (tertiary alicyclic amines) is 1. The van der Waals surface area contributed by atoms with Crippen LogP contribution in [0.25, 0.3) is 0 Å². The standard InChI is InChI=1S/C19H28FN3O2.HI/c1-3-21-19(22-12-9-15-5-7-17(20)8-6-15)23-13-10-16(11-14-23)18(24)25-4-2;/h5-8,16H,3-4,9-14H2,1-2H3,(H,21,22);1H. The van der Waals surface area contributed by atoms with Gasteiger partial charge in [0.05, 0.1) is 12.5 Å². The van der Waals surface area contributed by atoms with E-state index in [1.807, 2.05) is 13.8 Å². The lowest BCUT2D eigenvalue weighted by Crippen LogP contribution is -2.46. The fraction of sp³-hybridized carbons (Fsp3) is 0.579. The molecule has 5 nitrogen and oxygen atoms in total. The second kappa shape index (κ2) is 12.1. The van der Waals surface area contributed by atoms with Crippen LogP contribution in [-0.2, 0) is 16.0 Å². The van der Waals surface area contributed by atoms with E-state index in [1.165, 1.54) is 12.1 Å². The molecule has 0 aromatic heterocycles. The summed E-state index contributed by atoms with van der Waals surface area (Å²) in [6, 6.07) is 6.54. The summed E-state index contributed by atoms with van der Waals surface area (Å²) in [5, 5.41) is 3.32. The fourth-order valence-corrected chi connectivity index (χ4v) is 2.95. The quantitative estimate of drug-likeness (QED) is 0.296. The largest absolute Gasteiger partial charge is 0.466 e. The number of hydrogen-bond donors (Lipinski definition) is 1. The van der Waals surface area contributed by atoms with Gasteiger partial charge in [-0.1, -0.05) is 12.1 Å². The van der Waals surface area contributed by atoms with Crippen molar-refractivity contribution in [1.82, 2.24) is 10.2 Å². The molecule has 0 aliphatic carbocycles. The van der Waals surface area contributed by atoms with Crippen molar-refractivity contribution < 1.29 is 13.9 Å². The van der Waals surface area contributed by atoms with Crippen LogP contribution in [0.15, 0.2) is 29.3 Å². The summed E-state index contributed by atoms with van der Waals surface area (Å²) >= 11 is 0. The zero-order valence-corrected chi connectivity index (χ0v) is 17.9. The van der Waals surface area contributed by atoms with Gasteiger partial charge in [0.1, 0.15) is 5.82 Å². The van der Waals surface area contributed by atoms with E-state index in [0.717, 1.165) is 50.4 Å². The molecule has 1 aliphatic rings. The van der Waals surface area contributed by atoms with E-state index in [-0.39, 0.29) is 41.7 Å². The van der Waals surface area contributed by atoms with Crippen molar-refractivity contribution in [3.05, 3.63) is 35.6 Å². The molecule has 1 fully saturated rings. The van der Waals surface area contributed by atoms with Gasteiger partial charge in [0.25, 0.3) is 0 Å².